The van der Waals surface area contributed by atoms with Crippen LogP contribution in [0.3, 0.4) is 0 Å². The van der Waals surface area contributed by atoms with Crippen molar-refractivity contribution in [3.63, 3.8) is 0 Å². The van der Waals surface area contributed by atoms with E-state index in [0.717, 1.165) is 44.9 Å². The number of carbonyl (C=O) groups excluding carboxylic acids is 1. The maximum atomic E-state index is 11.6. The third-order valence-electron chi connectivity index (χ3n) is 10.8. The largest absolute Gasteiger partial charge is 0.481 e. The Morgan fingerprint density at radius 1 is 1.06 bits per heavy atom. The number of aliphatic hydroxyl groups excluding tert-OH is 2. The Hall–Kier alpha value is -1.14. The van der Waals surface area contributed by atoms with E-state index in [2.05, 4.69) is 26.1 Å². The highest BCUT2D eigenvalue weighted by Crippen LogP contribution is 2.68. The van der Waals surface area contributed by atoms with Crippen molar-refractivity contribution in [1.29, 1.82) is 0 Å². The van der Waals surface area contributed by atoms with Crippen LogP contribution in [0.4, 0.5) is 0 Å². The highest BCUT2D eigenvalue weighted by molar-refractivity contribution is 5.73. The molecular weight excluding hydrogens is 406 g/mol. The Morgan fingerprint density at radius 2 is 1.78 bits per heavy atom. The van der Waals surface area contributed by atoms with Crippen molar-refractivity contribution < 1.29 is 24.9 Å². The lowest BCUT2D eigenvalue weighted by Gasteiger charge is -2.63. The molecule has 4 saturated carbocycles. The van der Waals surface area contributed by atoms with Gasteiger partial charge in [0.15, 0.2) is 0 Å². The van der Waals surface area contributed by atoms with Gasteiger partial charge in [-0.25, -0.2) is 0 Å². The van der Waals surface area contributed by atoms with Crippen LogP contribution in [0.5, 0.6) is 0 Å². The Morgan fingerprint density at radius 3 is 2.44 bits per heavy atom. The molecule has 0 aliphatic heterocycles. The Bertz CT molecular complexity index is 742. The zero-order valence-corrected chi connectivity index (χ0v) is 20.2. The molecule has 4 aliphatic carbocycles. The normalized spacial score (nSPS) is 48.8. The number of nitrogens with one attached hydrogen (secondary N) is 1. The fourth-order valence-corrected chi connectivity index (χ4v) is 9.13. The average molecular weight is 450 g/mol. The van der Waals surface area contributed by atoms with Crippen molar-refractivity contribution in [2.24, 2.45) is 46.3 Å². The van der Waals surface area contributed by atoms with E-state index in [4.69, 9.17) is 5.11 Å². The summed E-state index contributed by atoms with van der Waals surface area (Å²) in [5.41, 5.74) is -0.162. The molecular formula is C26H43NO5. The molecule has 1 amide bonds. The number of rotatable bonds is 5. The fourth-order valence-electron chi connectivity index (χ4n) is 9.13. The molecule has 4 N–H and O–H groups in total. The number of aliphatic carboxylic acids is 1. The summed E-state index contributed by atoms with van der Waals surface area (Å²) < 4.78 is 0. The standard InChI is InChI=1S/C26H43NO5/c1-14(5-8-23(31)32)18-6-7-19-24-20(13-22(30)26(18,19)4)25(3)10-9-17(27-15(2)28)11-16(25)12-21(24)29/h14,16-22,24,29-30H,5-13H2,1-4H3,(H,27,28)(H,31,32)/t14?,16-,17-,18?,19-,20-,21+,22-,24-,25-,26+/m0/s1. The number of hydrogen-bond acceptors (Lipinski definition) is 4. The molecule has 6 nitrogen and oxygen atoms in total. The second-order valence-corrected chi connectivity index (χ2v) is 12.2. The summed E-state index contributed by atoms with van der Waals surface area (Å²) in [5, 5.41) is 35.2. The lowest BCUT2D eigenvalue weighted by atomic mass is 9.43. The van der Waals surface area contributed by atoms with E-state index in [9.17, 15) is 19.8 Å². The van der Waals surface area contributed by atoms with Gasteiger partial charge < -0.3 is 20.6 Å². The van der Waals surface area contributed by atoms with Crippen LogP contribution in [-0.2, 0) is 9.59 Å². The predicted octanol–water partition coefficient (Wildman–Crippen LogP) is 3.59. The van der Waals surface area contributed by atoms with E-state index in [1.165, 1.54) is 0 Å². The van der Waals surface area contributed by atoms with Gasteiger partial charge in [0.2, 0.25) is 5.91 Å². The van der Waals surface area contributed by atoms with Crippen molar-refractivity contribution in [2.75, 3.05) is 0 Å². The van der Waals surface area contributed by atoms with Crippen LogP contribution in [0, 0.1) is 46.3 Å². The summed E-state index contributed by atoms with van der Waals surface area (Å²) in [6.07, 6.45) is 6.53. The monoisotopic (exact) mass is 449 g/mol. The van der Waals surface area contributed by atoms with Gasteiger partial charge in [-0.05, 0) is 97.7 Å². The molecule has 0 saturated heterocycles. The van der Waals surface area contributed by atoms with E-state index in [1.54, 1.807) is 6.92 Å². The van der Waals surface area contributed by atoms with Gasteiger partial charge in [0, 0.05) is 19.4 Å². The van der Waals surface area contributed by atoms with Crippen LogP contribution in [0.2, 0.25) is 0 Å². The molecule has 4 rings (SSSR count). The van der Waals surface area contributed by atoms with Crippen molar-refractivity contribution >= 4 is 11.9 Å². The first-order chi connectivity index (χ1) is 15.0. The van der Waals surface area contributed by atoms with Gasteiger partial charge in [0.25, 0.3) is 0 Å². The van der Waals surface area contributed by atoms with Gasteiger partial charge in [-0.15, -0.1) is 0 Å². The summed E-state index contributed by atoms with van der Waals surface area (Å²) in [6, 6.07) is 0.194. The summed E-state index contributed by atoms with van der Waals surface area (Å²) in [5.74, 6) is 0.986. The van der Waals surface area contributed by atoms with Gasteiger partial charge in [-0.1, -0.05) is 20.8 Å². The molecule has 4 aliphatic rings. The van der Waals surface area contributed by atoms with Crippen LogP contribution in [-0.4, -0.2) is 45.4 Å². The molecule has 0 aromatic rings. The maximum Gasteiger partial charge on any atom is 0.303 e. The molecule has 2 unspecified atom stereocenters. The SMILES string of the molecule is CC(=O)N[C@H]1CC[C@@]2(C)[C@@H](C1)C[C@@H](O)[C@@H]1[C@@H]2C[C@H](O)[C@]2(C)C(C(C)CCC(=O)O)CC[C@@H]12. The number of hydrogen-bond donors (Lipinski definition) is 4. The van der Waals surface area contributed by atoms with Crippen molar-refractivity contribution in [3.8, 4) is 0 Å². The molecule has 6 heteroatoms. The highest BCUT2D eigenvalue weighted by atomic mass is 16.4. The summed E-state index contributed by atoms with van der Waals surface area (Å²) in [7, 11) is 0. The minimum atomic E-state index is -0.752. The molecule has 4 fully saturated rings. The molecule has 0 aromatic heterocycles. The van der Waals surface area contributed by atoms with E-state index < -0.39 is 12.1 Å². The van der Waals surface area contributed by atoms with Crippen LogP contribution in [0.25, 0.3) is 0 Å². The topological polar surface area (TPSA) is 107 Å². The second kappa shape index (κ2) is 8.57. The first-order valence-electron chi connectivity index (χ1n) is 12.8. The summed E-state index contributed by atoms with van der Waals surface area (Å²) in [6.45, 7) is 8.33. The lowest BCUT2D eigenvalue weighted by Crippen LogP contribution is -2.63. The fraction of sp³-hybridized carbons (Fsp3) is 0.923. The Kier molecular flexibility index (Phi) is 6.43. The van der Waals surface area contributed by atoms with Crippen LogP contribution in [0.15, 0.2) is 0 Å². The molecule has 0 radical (unpaired) electrons. The summed E-state index contributed by atoms with van der Waals surface area (Å²) >= 11 is 0. The molecule has 0 aromatic carbocycles. The number of carbonyl (C=O) groups is 2. The molecule has 182 valence electrons. The van der Waals surface area contributed by atoms with Crippen molar-refractivity contribution in [3.05, 3.63) is 0 Å². The van der Waals surface area contributed by atoms with Gasteiger partial charge in [0.05, 0.1) is 12.2 Å². The number of aliphatic hydroxyl groups is 2. The first-order valence-corrected chi connectivity index (χ1v) is 12.8. The zero-order valence-electron chi connectivity index (χ0n) is 20.2. The first kappa shape index (κ1) is 24.0. The van der Waals surface area contributed by atoms with Crippen molar-refractivity contribution in [2.45, 2.75) is 104 Å². The van der Waals surface area contributed by atoms with Gasteiger partial charge in [0.1, 0.15) is 0 Å². The average Bonchev–Trinajstić information content (AvgIpc) is 3.06. The molecule has 0 spiro atoms. The highest BCUT2D eigenvalue weighted by Gasteiger charge is 2.65. The number of carboxylic acid groups (broad SMARTS) is 1. The molecule has 0 heterocycles. The minimum Gasteiger partial charge on any atom is -0.481 e. The lowest BCUT2D eigenvalue weighted by molar-refractivity contribution is -0.202. The molecule has 11 atom stereocenters. The third-order valence-corrected chi connectivity index (χ3v) is 10.8. The molecule has 32 heavy (non-hydrogen) atoms. The Labute approximate surface area is 192 Å². The van der Waals surface area contributed by atoms with Gasteiger partial charge >= 0.3 is 5.97 Å². The van der Waals surface area contributed by atoms with Crippen LogP contribution < -0.4 is 5.32 Å². The van der Waals surface area contributed by atoms with Gasteiger partial charge in [-0.3, -0.25) is 9.59 Å². The van der Waals surface area contributed by atoms with E-state index >= 15 is 0 Å². The summed E-state index contributed by atoms with van der Waals surface area (Å²) in [4.78, 5) is 22.7. The minimum absolute atomic E-state index is 0.0192. The Balaban J connectivity index is 1.56. The third kappa shape index (κ3) is 3.79. The van der Waals surface area contributed by atoms with Gasteiger partial charge in [-0.2, -0.15) is 0 Å². The zero-order chi connectivity index (χ0) is 23.4. The van der Waals surface area contributed by atoms with E-state index in [0.29, 0.717) is 24.2 Å². The van der Waals surface area contributed by atoms with E-state index in [1.807, 2.05) is 0 Å². The number of fused-ring (bicyclic) bond motifs is 5. The number of amides is 1. The van der Waals surface area contributed by atoms with E-state index in [-0.39, 0.29) is 53.1 Å². The quantitative estimate of drug-likeness (QED) is 0.513. The smallest absolute Gasteiger partial charge is 0.303 e. The van der Waals surface area contributed by atoms with Crippen LogP contribution in [0.1, 0.15) is 85.5 Å². The number of carboxylic acids is 1. The maximum absolute atomic E-state index is 11.6. The predicted molar refractivity (Wildman–Crippen MR) is 122 cm³/mol. The molecule has 0 bridgehead atoms. The van der Waals surface area contributed by atoms with Crippen LogP contribution >= 0.6 is 0 Å². The second-order valence-electron chi connectivity index (χ2n) is 12.2. The van der Waals surface area contributed by atoms with Crippen molar-refractivity contribution in [1.82, 2.24) is 5.32 Å².